The molecule has 1 aliphatic rings. The standard InChI is InChI=1S/C24H27ClFN7O2/c1-12(2)33-13(3)28-22-17(26)7-14(8-19(22)33)21-16(25)10-27-24(30-21)29-18-5-6-32-20(23(18)34)9-15(31-32)11-35-4/h7-10,12,18,23,34H,5-6,11H2,1-4H3,(H,27,29,30)/t18-,23+/m1/s1. The van der Waals surface area contributed by atoms with E-state index in [1.807, 2.05) is 37.5 Å². The maximum absolute atomic E-state index is 15.0. The van der Waals surface area contributed by atoms with Crippen LogP contribution < -0.4 is 5.32 Å². The van der Waals surface area contributed by atoms with Gasteiger partial charge in [0.05, 0.1) is 46.5 Å². The number of imidazole rings is 1. The van der Waals surface area contributed by atoms with Crippen molar-refractivity contribution in [3.05, 3.63) is 52.4 Å². The van der Waals surface area contributed by atoms with Crippen molar-refractivity contribution in [3.8, 4) is 11.3 Å². The molecule has 0 saturated heterocycles. The molecular weight excluding hydrogens is 473 g/mol. The fourth-order valence-electron chi connectivity index (χ4n) is 4.76. The highest BCUT2D eigenvalue weighted by Crippen LogP contribution is 2.33. The number of ether oxygens (including phenoxy) is 1. The van der Waals surface area contributed by atoms with E-state index in [1.165, 1.54) is 12.3 Å². The highest BCUT2D eigenvalue weighted by atomic mass is 35.5. The van der Waals surface area contributed by atoms with E-state index in [4.69, 9.17) is 16.3 Å². The zero-order valence-corrected chi connectivity index (χ0v) is 20.7. The van der Waals surface area contributed by atoms with Gasteiger partial charge in [-0.2, -0.15) is 5.10 Å². The molecule has 9 nitrogen and oxygen atoms in total. The maximum Gasteiger partial charge on any atom is 0.223 e. The van der Waals surface area contributed by atoms with Gasteiger partial charge in [0, 0.05) is 25.3 Å². The molecule has 4 aromatic rings. The van der Waals surface area contributed by atoms with Gasteiger partial charge in [0.1, 0.15) is 17.4 Å². The smallest absolute Gasteiger partial charge is 0.223 e. The molecule has 1 aromatic carbocycles. The molecule has 3 aromatic heterocycles. The highest BCUT2D eigenvalue weighted by molar-refractivity contribution is 6.33. The Hall–Kier alpha value is -3.08. The molecule has 2 atom stereocenters. The summed E-state index contributed by atoms with van der Waals surface area (Å²) in [5.41, 5.74) is 3.40. The molecule has 1 aliphatic heterocycles. The van der Waals surface area contributed by atoms with Gasteiger partial charge in [-0.05, 0) is 45.4 Å². The van der Waals surface area contributed by atoms with Crippen LogP contribution in [0.25, 0.3) is 22.3 Å². The van der Waals surface area contributed by atoms with Crippen LogP contribution in [0, 0.1) is 12.7 Å². The van der Waals surface area contributed by atoms with Crippen LogP contribution in [0.4, 0.5) is 10.3 Å². The van der Waals surface area contributed by atoms with E-state index >= 15 is 4.39 Å². The second-order valence-electron chi connectivity index (χ2n) is 9.04. The number of hydrogen-bond donors (Lipinski definition) is 2. The predicted molar refractivity (Wildman–Crippen MR) is 131 cm³/mol. The Labute approximate surface area is 206 Å². The molecule has 0 radical (unpaired) electrons. The Bertz CT molecular complexity index is 1400. The average molecular weight is 500 g/mol. The number of fused-ring (bicyclic) bond motifs is 2. The van der Waals surface area contributed by atoms with E-state index in [2.05, 4.69) is 25.4 Å². The zero-order chi connectivity index (χ0) is 24.9. The Balaban J connectivity index is 1.47. The predicted octanol–water partition coefficient (Wildman–Crippen LogP) is 4.44. The fraction of sp³-hybridized carbons (Fsp3) is 0.417. The van der Waals surface area contributed by atoms with Gasteiger partial charge in [-0.25, -0.2) is 19.3 Å². The number of hydrogen-bond acceptors (Lipinski definition) is 7. The minimum absolute atomic E-state index is 0.110. The van der Waals surface area contributed by atoms with E-state index in [9.17, 15) is 5.11 Å². The van der Waals surface area contributed by atoms with Crippen molar-refractivity contribution < 1.29 is 14.2 Å². The summed E-state index contributed by atoms with van der Waals surface area (Å²) in [6.45, 7) is 6.92. The monoisotopic (exact) mass is 499 g/mol. The van der Waals surface area contributed by atoms with Crippen molar-refractivity contribution in [1.82, 2.24) is 29.3 Å². The van der Waals surface area contributed by atoms with E-state index in [0.29, 0.717) is 58.5 Å². The lowest BCUT2D eigenvalue weighted by Crippen LogP contribution is -2.35. The highest BCUT2D eigenvalue weighted by Gasteiger charge is 2.30. The number of nitrogens with one attached hydrogen (secondary N) is 1. The van der Waals surface area contributed by atoms with E-state index < -0.39 is 11.9 Å². The molecule has 0 unspecified atom stereocenters. The largest absolute Gasteiger partial charge is 0.385 e. The first-order valence-corrected chi connectivity index (χ1v) is 11.9. The molecular formula is C24H27ClFN7O2. The van der Waals surface area contributed by atoms with Gasteiger partial charge in [0.15, 0.2) is 5.82 Å². The summed E-state index contributed by atoms with van der Waals surface area (Å²) >= 11 is 6.44. The number of rotatable bonds is 6. The number of aliphatic hydroxyl groups is 1. The maximum atomic E-state index is 15.0. The molecule has 0 bridgehead atoms. The van der Waals surface area contributed by atoms with Crippen molar-refractivity contribution in [2.45, 2.75) is 58.5 Å². The van der Waals surface area contributed by atoms with Crippen molar-refractivity contribution in [2.24, 2.45) is 0 Å². The van der Waals surface area contributed by atoms with Crippen LogP contribution >= 0.6 is 11.6 Å². The van der Waals surface area contributed by atoms with Gasteiger partial charge >= 0.3 is 0 Å². The lowest BCUT2D eigenvalue weighted by Gasteiger charge is -2.29. The lowest BCUT2D eigenvalue weighted by molar-refractivity contribution is 0.120. The second-order valence-corrected chi connectivity index (χ2v) is 9.45. The van der Waals surface area contributed by atoms with Crippen LogP contribution in [-0.4, -0.2) is 47.6 Å². The van der Waals surface area contributed by atoms with Crippen LogP contribution in [0.5, 0.6) is 0 Å². The average Bonchev–Trinajstić information content (AvgIpc) is 3.38. The second kappa shape index (κ2) is 9.18. The molecule has 5 rings (SSSR count). The summed E-state index contributed by atoms with van der Waals surface area (Å²) < 4.78 is 23.9. The third kappa shape index (κ3) is 4.26. The molecule has 0 amide bonds. The van der Waals surface area contributed by atoms with Gasteiger partial charge in [-0.3, -0.25) is 4.68 Å². The third-order valence-electron chi connectivity index (χ3n) is 6.26. The zero-order valence-electron chi connectivity index (χ0n) is 20.0. The lowest BCUT2D eigenvalue weighted by atomic mass is 10.0. The topological polar surface area (TPSA) is 103 Å². The molecule has 0 fully saturated rings. The van der Waals surface area contributed by atoms with Crippen LogP contribution in [0.3, 0.4) is 0 Å². The number of benzene rings is 1. The summed E-state index contributed by atoms with van der Waals surface area (Å²) in [7, 11) is 1.61. The summed E-state index contributed by atoms with van der Waals surface area (Å²) in [5, 5.41) is 18.9. The number of anilines is 1. The summed E-state index contributed by atoms with van der Waals surface area (Å²) in [5.74, 6) is 0.598. The van der Waals surface area contributed by atoms with Gasteiger partial charge in [0.25, 0.3) is 0 Å². The van der Waals surface area contributed by atoms with E-state index in [-0.39, 0.29) is 12.1 Å². The van der Waals surface area contributed by atoms with E-state index in [1.54, 1.807) is 11.8 Å². The van der Waals surface area contributed by atoms with Gasteiger partial charge < -0.3 is 19.7 Å². The Morgan fingerprint density at radius 3 is 2.83 bits per heavy atom. The van der Waals surface area contributed by atoms with Gasteiger partial charge in [0.2, 0.25) is 5.95 Å². The summed E-state index contributed by atoms with van der Waals surface area (Å²) in [6, 6.07) is 4.87. The first kappa shape index (κ1) is 23.7. The molecule has 11 heteroatoms. The molecule has 0 saturated carbocycles. The Morgan fingerprint density at radius 1 is 1.29 bits per heavy atom. The first-order chi connectivity index (χ1) is 16.8. The summed E-state index contributed by atoms with van der Waals surface area (Å²) in [6.07, 6.45) is 1.30. The molecule has 0 aliphatic carbocycles. The van der Waals surface area contributed by atoms with Crippen molar-refractivity contribution >= 4 is 28.6 Å². The quantitative estimate of drug-likeness (QED) is 0.404. The SMILES string of the molecule is COCc1cc2n(n1)CC[C@@H](Nc1ncc(Cl)c(-c3cc(F)c4nc(C)n(C(C)C)c4c3)n1)[C@@H]2O. The van der Waals surface area contributed by atoms with Crippen LogP contribution in [0.2, 0.25) is 5.02 Å². The molecule has 184 valence electrons. The number of aromatic nitrogens is 6. The van der Waals surface area contributed by atoms with Crippen LogP contribution in [0.1, 0.15) is 49.6 Å². The third-order valence-corrected chi connectivity index (χ3v) is 6.54. The minimum atomic E-state index is -0.804. The number of aryl methyl sites for hydroxylation is 2. The van der Waals surface area contributed by atoms with Crippen molar-refractivity contribution in [3.63, 3.8) is 0 Å². The summed E-state index contributed by atoms with van der Waals surface area (Å²) in [4.78, 5) is 13.3. The van der Waals surface area contributed by atoms with Crippen molar-refractivity contribution in [1.29, 1.82) is 0 Å². The number of aliphatic hydroxyl groups excluding tert-OH is 1. The van der Waals surface area contributed by atoms with E-state index in [0.717, 1.165) is 11.5 Å². The number of halogens is 2. The van der Waals surface area contributed by atoms with Gasteiger partial charge in [-0.15, -0.1) is 0 Å². The normalized spacial score (nSPS) is 17.8. The molecule has 35 heavy (non-hydrogen) atoms. The van der Waals surface area contributed by atoms with Crippen LogP contribution in [-0.2, 0) is 17.9 Å². The van der Waals surface area contributed by atoms with Crippen molar-refractivity contribution in [2.75, 3.05) is 12.4 Å². The van der Waals surface area contributed by atoms with Crippen LogP contribution in [0.15, 0.2) is 24.4 Å². The number of nitrogens with zero attached hydrogens (tertiary/aromatic N) is 6. The molecule has 0 spiro atoms. The minimum Gasteiger partial charge on any atom is -0.385 e. The Kier molecular flexibility index (Phi) is 6.20. The number of methoxy groups -OCH3 is 1. The fourth-order valence-corrected chi connectivity index (χ4v) is 4.96. The molecule has 4 heterocycles. The Morgan fingerprint density at radius 2 is 2.09 bits per heavy atom. The van der Waals surface area contributed by atoms with Gasteiger partial charge in [-0.1, -0.05) is 11.6 Å². The molecule has 2 N–H and O–H groups in total. The first-order valence-electron chi connectivity index (χ1n) is 11.5.